The van der Waals surface area contributed by atoms with Gasteiger partial charge in [-0.05, 0) is 38.5 Å². The van der Waals surface area contributed by atoms with Crippen LogP contribution < -0.4 is 16.1 Å². The first-order valence-corrected chi connectivity index (χ1v) is 9.15. The normalized spacial score (nSPS) is 22.4. The predicted octanol–water partition coefficient (Wildman–Crippen LogP) is 1.21. The Morgan fingerprint density at radius 2 is 1.92 bits per heavy atom. The maximum atomic E-state index is 11.6. The van der Waals surface area contributed by atoms with Crippen molar-refractivity contribution in [1.82, 2.24) is 19.9 Å². The Bertz CT molecular complexity index is 915. The van der Waals surface area contributed by atoms with Crippen LogP contribution in [-0.2, 0) is 12.8 Å². The molecule has 0 aromatic carbocycles. The van der Waals surface area contributed by atoms with Crippen LogP contribution in [0.2, 0.25) is 0 Å². The van der Waals surface area contributed by atoms with E-state index in [2.05, 4.69) is 14.9 Å². The Balaban J connectivity index is 1.47. The highest BCUT2D eigenvalue weighted by Gasteiger charge is 2.33. The molecular weight excluding hydrogens is 318 g/mol. The summed E-state index contributed by atoms with van der Waals surface area (Å²) < 4.78 is 0. The van der Waals surface area contributed by atoms with E-state index in [1.54, 1.807) is 0 Å². The highest BCUT2D eigenvalue weighted by molar-refractivity contribution is 5.53. The van der Waals surface area contributed by atoms with Gasteiger partial charge >= 0.3 is 5.69 Å². The van der Waals surface area contributed by atoms with E-state index in [0.29, 0.717) is 5.92 Å². The number of anilines is 1. The van der Waals surface area contributed by atoms with Crippen molar-refractivity contribution in [2.24, 2.45) is 0 Å². The third-order valence-electron chi connectivity index (χ3n) is 5.58. The lowest BCUT2D eigenvalue weighted by molar-refractivity contribution is 0.727. The highest BCUT2D eigenvalue weighted by Crippen LogP contribution is 2.41. The van der Waals surface area contributed by atoms with E-state index in [1.165, 1.54) is 30.2 Å². The zero-order valence-electron chi connectivity index (χ0n) is 14.0. The fourth-order valence-electron chi connectivity index (χ4n) is 4.13. The number of aryl methyl sites for hydroxylation is 1. The summed E-state index contributed by atoms with van der Waals surface area (Å²) in [6.07, 6.45) is 6.59. The molecule has 25 heavy (non-hydrogen) atoms. The third-order valence-corrected chi connectivity index (χ3v) is 5.58. The second-order valence-corrected chi connectivity index (χ2v) is 7.43. The summed E-state index contributed by atoms with van der Waals surface area (Å²) >= 11 is 0. The third kappa shape index (κ3) is 2.67. The minimum atomic E-state index is -0.431. The monoisotopic (exact) mass is 339 g/mol. The molecule has 3 heterocycles. The van der Waals surface area contributed by atoms with Crippen LogP contribution in [-0.4, -0.2) is 33.0 Å². The molecule has 2 fully saturated rings. The molecule has 2 aliphatic carbocycles. The molecule has 1 unspecified atom stereocenters. The van der Waals surface area contributed by atoms with Crippen LogP contribution in [0.15, 0.2) is 15.7 Å². The van der Waals surface area contributed by atoms with E-state index in [-0.39, 0.29) is 11.5 Å². The fraction of sp³-hybridized carbons (Fsp3) is 0.556. The molecule has 1 atom stereocenters. The standard InChI is InChI=1S/C18H21N5O2/c24-15-8-14(20-18(25)21-15)11-6-7-23(9-11)17-12-2-1-3-13(12)19-16(22-17)10-4-5-10/h8,10-11H,1-7,9H2,(H2,20,21,24,25). The number of fused-ring (bicyclic) bond motifs is 1. The predicted molar refractivity (Wildman–Crippen MR) is 93.3 cm³/mol. The van der Waals surface area contributed by atoms with Gasteiger partial charge in [0.25, 0.3) is 5.56 Å². The zero-order chi connectivity index (χ0) is 17.0. The number of hydrogen-bond donors (Lipinski definition) is 2. The molecule has 7 nitrogen and oxygen atoms in total. The average molecular weight is 339 g/mol. The van der Waals surface area contributed by atoms with Crippen LogP contribution in [0.4, 0.5) is 5.82 Å². The lowest BCUT2D eigenvalue weighted by Gasteiger charge is -2.21. The highest BCUT2D eigenvalue weighted by atomic mass is 16.2. The van der Waals surface area contributed by atoms with Crippen molar-refractivity contribution in [2.45, 2.75) is 50.4 Å². The maximum Gasteiger partial charge on any atom is 0.325 e. The summed E-state index contributed by atoms with van der Waals surface area (Å²) in [6, 6.07) is 1.51. The molecule has 2 N–H and O–H groups in total. The Labute approximate surface area is 144 Å². The molecular formula is C18H21N5O2. The first kappa shape index (κ1) is 14.9. The number of aromatic nitrogens is 4. The summed E-state index contributed by atoms with van der Waals surface area (Å²) in [5, 5.41) is 0. The van der Waals surface area contributed by atoms with Gasteiger partial charge in [0.15, 0.2) is 0 Å². The summed E-state index contributed by atoms with van der Waals surface area (Å²) in [4.78, 5) is 40.2. The van der Waals surface area contributed by atoms with Crippen LogP contribution in [0, 0.1) is 0 Å². The SMILES string of the molecule is O=c1cc(C2CCN(c3nc(C4CC4)nc4c3CCC4)C2)[nH]c(=O)[nH]1. The van der Waals surface area contributed by atoms with Crippen molar-refractivity contribution >= 4 is 5.82 Å². The van der Waals surface area contributed by atoms with Crippen molar-refractivity contribution in [3.8, 4) is 0 Å². The molecule has 7 heteroatoms. The summed E-state index contributed by atoms with van der Waals surface area (Å²) in [5.41, 5.74) is 2.50. The van der Waals surface area contributed by atoms with Crippen molar-refractivity contribution in [2.75, 3.05) is 18.0 Å². The molecule has 1 aliphatic heterocycles. The van der Waals surface area contributed by atoms with E-state index in [1.807, 2.05) is 0 Å². The summed E-state index contributed by atoms with van der Waals surface area (Å²) in [6.45, 7) is 1.68. The van der Waals surface area contributed by atoms with Crippen LogP contribution in [0.5, 0.6) is 0 Å². The van der Waals surface area contributed by atoms with Gasteiger partial charge in [-0.25, -0.2) is 14.8 Å². The van der Waals surface area contributed by atoms with Gasteiger partial charge < -0.3 is 9.88 Å². The van der Waals surface area contributed by atoms with Crippen LogP contribution in [0.25, 0.3) is 0 Å². The second kappa shape index (κ2) is 5.54. The van der Waals surface area contributed by atoms with E-state index in [4.69, 9.17) is 9.97 Å². The fourth-order valence-corrected chi connectivity index (χ4v) is 4.13. The minimum absolute atomic E-state index is 0.159. The van der Waals surface area contributed by atoms with Crippen LogP contribution in [0.3, 0.4) is 0 Å². The number of nitrogens with zero attached hydrogens (tertiary/aromatic N) is 3. The second-order valence-electron chi connectivity index (χ2n) is 7.43. The molecule has 0 amide bonds. The van der Waals surface area contributed by atoms with Gasteiger partial charge in [-0.1, -0.05) is 0 Å². The molecule has 5 rings (SSSR count). The van der Waals surface area contributed by atoms with Crippen LogP contribution in [0.1, 0.15) is 60.3 Å². The van der Waals surface area contributed by atoms with Gasteiger partial charge in [0.2, 0.25) is 0 Å². The largest absolute Gasteiger partial charge is 0.356 e. The summed E-state index contributed by atoms with van der Waals surface area (Å²) in [7, 11) is 0. The van der Waals surface area contributed by atoms with E-state index >= 15 is 0 Å². The molecule has 0 bridgehead atoms. The smallest absolute Gasteiger partial charge is 0.325 e. The molecule has 2 aromatic rings. The Morgan fingerprint density at radius 1 is 1.04 bits per heavy atom. The van der Waals surface area contributed by atoms with Crippen molar-refractivity contribution in [3.63, 3.8) is 0 Å². The van der Waals surface area contributed by atoms with Crippen LogP contribution >= 0.6 is 0 Å². The Kier molecular flexibility index (Phi) is 3.29. The van der Waals surface area contributed by atoms with E-state index < -0.39 is 5.69 Å². The van der Waals surface area contributed by atoms with Gasteiger partial charge in [0.1, 0.15) is 11.6 Å². The first-order valence-electron chi connectivity index (χ1n) is 9.15. The molecule has 2 aromatic heterocycles. The molecule has 1 saturated carbocycles. The quantitative estimate of drug-likeness (QED) is 0.876. The Hall–Kier alpha value is -2.44. The average Bonchev–Trinajstić information content (AvgIpc) is 3.13. The Morgan fingerprint density at radius 3 is 2.72 bits per heavy atom. The number of H-pyrrole nitrogens is 2. The number of nitrogens with one attached hydrogen (secondary N) is 2. The molecule has 0 spiro atoms. The maximum absolute atomic E-state index is 11.6. The summed E-state index contributed by atoms with van der Waals surface area (Å²) in [5.74, 6) is 2.82. The van der Waals surface area contributed by atoms with Crippen molar-refractivity contribution in [3.05, 3.63) is 49.7 Å². The number of aromatic amines is 2. The molecule has 1 saturated heterocycles. The van der Waals surface area contributed by atoms with Gasteiger partial charge in [-0.3, -0.25) is 9.78 Å². The zero-order valence-corrected chi connectivity index (χ0v) is 14.0. The van der Waals surface area contributed by atoms with Gasteiger partial charge in [0, 0.05) is 47.9 Å². The lowest BCUT2D eigenvalue weighted by Crippen LogP contribution is -2.26. The van der Waals surface area contributed by atoms with Gasteiger partial charge in [-0.2, -0.15) is 0 Å². The van der Waals surface area contributed by atoms with E-state index in [0.717, 1.165) is 56.1 Å². The van der Waals surface area contributed by atoms with Gasteiger partial charge in [0.05, 0.1) is 0 Å². The molecule has 0 radical (unpaired) electrons. The van der Waals surface area contributed by atoms with Gasteiger partial charge in [-0.15, -0.1) is 0 Å². The number of rotatable bonds is 3. The lowest BCUT2D eigenvalue weighted by atomic mass is 10.1. The molecule has 3 aliphatic rings. The molecule has 130 valence electrons. The van der Waals surface area contributed by atoms with E-state index in [9.17, 15) is 9.59 Å². The minimum Gasteiger partial charge on any atom is -0.356 e. The topological polar surface area (TPSA) is 94.7 Å². The number of hydrogen-bond acceptors (Lipinski definition) is 5. The van der Waals surface area contributed by atoms with Crippen molar-refractivity contribution < 1.29 is 0 Å². The first-order chi connectivity index (χ1) is 12.2. The van der Waals surface area contributed by atoms with Crippen molar-refractivity contribution in [1.29, 1.82) is 0 Å².